The molecule has 0 bridgehead atoms. The van der Waals surface area contributed by atoms with Crippen molar-refractivity contribution in [2.24, 2.45) is 5.92 Å². The predicted octanol–water partition coefficient (Wildman–Crippen LogP) is 4.79. The maximum atomic E-state index is 13.5. The summed E-state index contributed by atoms with van der Waals surface area (Å²) in [7, 11) is 1.86. The van der Waals surface area contributed by atoms with E-state index in [1.54, 1.807) is 4.57 Å². The molecule has 0 aliphatic heterocycles. The number of benzene rings is 2. The molecule has 0 radical (unpaired) electrons. The summed E-state index contributed by atoms with van der Waals surface area (Å²) in [6.07, 6.45) is 4.82. The van der Waals surface area contributed by atoms with Gasteiger partial charge in [-0.25, -0.2) is 4.98 Å². The summed E-state index contributed by atoms with van der Waals surface area (Å²) in [6, 6.07) is 15.0. The number of rotatable bonds is 5. The van der Waals surface area contributed by atoms with E-state index in [-0.39, 0.29) is 23.4 Å². The molecule has 1 unspecified atom stereocenters. The smallest absolute Gasteiger partial charge is 0.266 e. The highest BCUT2D eigenvalue weighted by Crippen LogP contribution is 2.31. The minimum atomic E-state index is -0.267. The van der Waals surface area contributed by atoms with Crippen LogP contribution in [0.5, 0.6) is 0 Å². The van der Waals surface area contributed by atoms with Crippen molar-refractivity contribution in [2.75, 3.05) is 7.05 Å². The van der Waals surface area contributed by atoms with Gasteiger partial charge in [0.25, 0.3) is 5.56 Å². The topological polar surface area (TPSA) is 55.2 Å². The van der Waals surface area contributed by atoms with E-state index in [2.05, 4.69) is 0 Å². The molecule has 5 nitrogen and oxygen atoms in total. The molecule has 5 heteroatoms. The summed E-state index contributed by atoms with van der Waals surface area (Å²) in [5.74, 6) is 0.875. The molecule has 30 heavy (non-hydrogen) atoms. The Hall–Kier alpha value is -2.95. The van der Waals surface area contributed by atoms with E-state index in [1.165, 1.54) is 0 Å². The second-order valence-corrected chi connectivity index (χ2v) is 8.32. The molecule has 0 N–H and O–H groups in total. The lowest BCUT2D eigenvalue weighted by molar-refractivity contribution is -0.136. The zero-order valence-electron chi connectivity index (χ0n) is 18.0. The predicted molar refractivity (Wildman–Crippen MR) is 120 cm³/mol. The summed E-state index contributed by atoms with van der Waals surface area (Å²) in [5, 5.41) is 0.585. The summed E-state index contributed by atoms with van der Waals surface area (Å²) < 4.78 is 1.69. The number of amides is 1. The van der Waals surface area contributed by atoms with Crippen LogP contribution in [0.4, 0.5) is 0 Å². The van der Waals surface area contributed by atoms with Crippen molar-refractivity contribution >= 4 is 16.8 Å². The van der Waals surface area contributed by atoms with Crippen LogP contribution in [0.3, 0.4) is 0 Å². The lowest BCUT2D eigenvalue weighted by Gasteiger charge is -2.31. The average molecular weight is 404 g/mol. The van der Waals surface area contributed by atoms with Gasteiger partial charge < -0.3 is 4.90 Å². The van der Waals surface area contributed by atoms with E-state index in [9.17, 15) is 9.59 Å². The molecule has 0 spiro atoms. The lowest BCUT2D eigenvalue weighted by atomic mass is 10.0. The Morgan fingerprint density at radius 2 is 1.80 bits per heavy atom. The zero-order chi connectivity index (χ0) is 21.3. The fraction of sp³-hybridized carbons (Fsp3) is 0.400. The minimum absolute atomic E-state index is 0.0871. The van der Waals surface area contributed by atoms with Gasteiger partial charge in [0.1, 0.15) is 5.82 Å². The molecule has 156 valence electrons. The zero-order valence-corrected chi connectivity index (χ0v) is 18.0. The van der Waals surface area contributed by atoms with Gasteiger partial charge in [-0.1, -0.05) is 49.6 Å². The quantitative estimate of drug-likeness (QED) is 0.615. The SMILES string of the molecule is CCC(c1nc2ccccc2c(=O)n1-c1ccc(C)cc1)N(C)C(=O)C1CCCC1. The van der Waals surface area contributed by atoms with Crippen LogP contribution in [0.2, 0.25) is 0 Å². The van der Waals surface area contributed by atoms with Crippen molar-refractivity contribution in [3.8, 4) is 5.69 Å². The molecule has 1 aromatic heterocycles. The van der Waals surface area contributed by atoms with Crippen molar-refractivity contribution in [1.82, 2.24) is 14.5 Å². The van der Waals surface area contributed by atoms with Crippen molar-refractivity contribution in [2.45, 2.75) is 52.0 Å². The number of hydrogen-bond donors (Lipinski definition) is 0. The summed E-state index contributed by atoms with van der Waals surface area (Å²) in [4.78, 5) is 33.4. The van der Waals surface area contributed by atoms with Crippen LogP contribution in [0.15, 0.2) is 53.3 Å². The normalized spacial score (nSPS) is 15.4. The lowest BCUT2D eigenvalue weighted by Crippen LogP contribution is -2.38. The van der Waals surface area contributed by atoms with Gasteiger partial charge in [-0.15, -0.1) is 0 Å². The third-order valence-corrected chi connectivity index (χ3v) is 6.30. The van der Waals surface area contributed by atoms with E-state index in [0.717, 1.165) is 36.9 Å². The summed E-state index contributed by atoms with van der Waals surface area (Å²) in [5.41, 5.74) is 2.47. The number of carbonyl (C=O) groups excluding carboxylic acids is 1. The highest BCUT2D eigenvalue weighted by molar-refractivity contribution is 5.80. The monoisotopic (exact) mass is 403 g/mol. The average Bonchev–Trinajstić information content (AvgIpc) is 3.30. The number of aromatic nitrogens is 2. The molecule has 1 atom stereocenters. The number of fused-ring (bicyclic) bond motifs is 1. The number of hydrogen-bond acceptors (Lipinski definition) is 3. The first-order valence-corrected chi connectivity index (χ1v) is 10.9. The maximum Gasteiger partial charge on any atom is 0.266 e. The molecule has 1 saturated carbocycles. The molecule has 4 rings (SSSR count). The molecular weight excluding hydrogens is 374 g/mol. The second-order valence-electron chi connectivity index (χ2n) is 8.32. The van der Waals surface area contributed by atoms with Crippen LogP contribution in [0.1, 0.15) is 56.5 Å². The van der Waals surface area contributed by atoms with E-state index in [1.807, 2.05) is 74.3 Å². The Morgan fingerprint density at radius 3 is 2.47 bits per heavy atom. The van der Waals surface area contributed by atoms with Crippen molar-refractivity contribution in [3.63, 3.8) is 0 Å². The van der Waals surface area contributed by atoms with Crippen LogP contribution < -0.4 is 5.56 Å². The molecule has 3 aromatic rings. The van der Waals surface area contributed by atoms with Crippen molar-refractivity contribution in [3.05, 3.63) is 70.3 Å². The van der Waals surface area contributed by atoms with Gasteiger partial charge in [0.15, 0.2) is 0 Å². The van der Waals surface area contributed by atoms with E-state index in [4.69, 9.17) is 4.98 Å². The third-order valence-electron chi connectivity index (χ3n) is 6.30. The standard InChI is InChI=1S/C25H29N3O2/c1-4-22(27(3)24(29)18-9-5-6-10-18)23-26-21-12-8-7-11-20(21)25(30)28(23)19-15-13-17(2)14-16-19/h7-8,11-16,18,22H,4-6,9-10H2,1-3H3. The molecule has 2 aromatic carbocycles. The summed E-state index contributed by atoms with van der Waals surface area (Å²) >= 11 is 0. The van der Waals surface area contributed by atoms with Gasteiger partial charge in [-0.2, -0.15) is 0 Å². The number of carbonyl (C=O) groups is 1. The highest BCUT2D eigenvalue weighted by Gasteiger charge is 2.31. The Kier molecular flexibility index (Phi) is 5.71. The van der Waals surface area contributed by atoms with Crippen molar-refractivity contribution in [1.29, 1.82) is 0 Å². The first-order valence-electron chi connectivity index (χ1n) is 10.9. The van der Waals surface area contributed by atoms with Gasteiger partial charge in [-0.3, -0.25) is 14.2 Å². The molecule has 1 fully saturated rings. The van der Waals surface area contributed by atoms with Crippen LogP contribution in [0.25, 0.3) is 16.6 Å². The Morgan fingerprint density at radius 1 is 1.13 bits per heavy atom. The maximum absolute atomic E-state index is 13.5. The summed E-state index contributed by atoms with van der Waals surface area (Å²) in [6.45, 7) is 4.07. The van der Waals surface area contributed by atoms with E-state index >= 15 is 0 Å². The third kappa shape index (κ3) is 3.64. The Bertz CT molecular complexity index is 1110. The van der Waals surface area contributed by atoms with Crippen LogP contribution >= 0.6 is 0 Å². The first kappa shape index (κ1) is 20.3. The fourth-order valence-electron chi connectivity index (χ4n) is 4.56. The largest absolute Gasteiger partial charge is 0.335 e. The van der Waals surface area contributed by atoms with Gasteiger partial charge in [0.05, 0.1) is 22.6 Å². The van der Waals surface area contributed by atoms with Crippen molar-refractivity contribution < 1.29 is 4.79 Å². The fourth-order valence-corrected chi connectivity index (χ4v) is 4.56. The van der Waals surface area contributed by atoms with Gasteiger partial charge >= 0.3 is 0 Å². The number of para-hydroxylation sites is 1. The molecule has 0 saturated heterocycles. The highest BCUT2D eigenvalue weighted by atomic mass is 16.2. The van der Waals surface area contributed by atoms with Crippen LogP contribution in [-0.2, 0) is 4.79 Å². The van der Waals surface area contributed by atoms with Crippen LogP contribution in [0, 0.1) is 12.8 Å². The van der Waals surface area contributed by atoms with Gasteiger partial charge in [0.2, 0.25) is 5.91 Å². The minimum Gasteiger partial charge on any atom is -0.335 e. The Labute approximate surface area is 177 Å². The van der Waals surface area contributed by atoms with Gasteiger partial charge in [0, 0.05) is 13.0 Å². The first-order chi connectivity index (χ1) is 14.5. The molecule has 1 aliphatic rings. The van der Waals surface area contributed by atoms with Crippen LogP contribution in [-0.4, -0.2) is 27.4 Å². The number of nitrogens with zero attached hydrogens (tertiary/aromatic N) is 3. The van der Waals surface area contributed by atoms with E-state index in [0.29, 0.717) is 23.1 Å². The van der Waals surface area contributed by atoms with Gasteiger partial charge in [-0.05, 0) is 50.5 Å². The Balaban J connectivity index is 1.89. The molecule has 1 amide bonds. The molecule has 1 aliphatic carbocycles. The molecular formula is C25H29N3O2. The second kappa shape index (κ2) is 8.42. The number of aryl methyl sites for hydroxylation is 1. The van der Waals surface area contributed by atoms with E-state index < -0.39 is 0 Å². The molecule has 1 heterocycles.